The van der Waals surface area contributed by atoms with Gasteiger partial charge in [-0.25, -0.2) is 4.98 Å². The molecule has 0 amide bonds. The quantitative estimate of drug-likeness (QED) is 0.222. The molecule has 1 atom stereocenters. The Labute approximate surface area is 215 Å². The Hall–Kier alpha value is -2.76. The van der Waals surface area contributed by atoms with Crippen molar-refractivity contribution in [3.8, 4) is 22.6 Å². The van der Waals surface area contributed by atoms with Crippen molar-refractivity contribution in [2.75, 3.05) is 0 Å². The Morgan fingerprint density at radius 2 is 1.86 bits per heavy atom. The van der Waals surface area contributed by atoms with Crippen LogP contribution in [0.15, 0.2) is 49.1 Å². The van der Waals surface area contributed by atoms with Crippen LogP contribution in [0.2, 0.25) is 0 Å². The van der Waals surface area contributed by atoms with Gasteiger partial charge in [0.05, 0.1) is 12.0 Å². The van der Waals surface area contributed by atoms with Gasteiger partial charge in [0, 0.05) is 34.0 Å². The summed E-state index contributed by atoms with van der Waals surface area (Å²) in [4.78, 5) is 8.80. The molecule has 3 heterocycles. The molecule has 0 aliphatic carbocycles. The van der Waals surface area contributed by atoms with Crippen molar-refractivity contribution in [3.05, 3.63) is 69.4 Å². The van der Waals surface area contributed by atoms with Crippen LogP contribution in [0.25, 0.3) is 22.6 Å². The number of aromatic nitrogens is 6. The third kappa shape index (κ3) is 5.74. The van der Waals surface area contributed by atoms with Gasteiger partial charge in [-0.3, -0.25) is 4.98 Å². The van der Waals surface area contributed by atoms with Crippen LogP contribution in [0.5, 0.6) is 0 Å². The van der Waals surface area contributed by atoms with Crippen LogP contribution in [0.4, 0.5) is 13.2 Å². The largest absolute Gasteiger partial charge is 0.437 e. The summed E-state index contributed by atoms with van der Waals surface area (Å²) in [6.07, 6.45) is 2.57. The smallest absolute Gasteiger partial charge is 0.336 e. The molecule has 4 rings (SSSR count). The molecule has 10 heteroatoms. The third-order valence-electron chi connectivity index (χ3n) is 5.94. The number of nitrogens with zero attached hydrogens (tertiary/aromatic N) is 5. The summed E-state index contributed by atoms with van der Waals surface area (Å²) < 4.78 is 43.0. The molecule has 0 spiro atoms. The van der Waals surface area contributed by atoms with Crippen molar-refractivity contribution < 1.29 is 13.2 Å². The lowest BCUT2D eigenvalue weighted by Crippen LogP contribution is -2.10. The first-order chi connectivity index (χ1) is 16.7. The highest BCUT2D eigenvalue weighted by Crippen LogP contribution is 2.35. The van der Waals surface area contributed by atoms with Gasteiger partial charge in [-0.15, -0.1) is 0 Å². The molecule has 184 valence electrons. The molecule has 0 saturated heterocycles. The Bertz CT molecular complexity index is 1290. The average Bonchev–Trinajstić information content (AvgIpc) is 3.49. The predicted octanol–water partition coefficient (Wildman–Crippen LogP) is 7.06. The number of aromatic amines is 1. The molecule has 3 aromatic heterocycles. The molecule has 35 heavy (non-hydrogen) atoms. The minimum absolute atomic E-state index is 0.261. The maximum Gasteiger partial charge on any atom is 0.437 e. The summed E-state index contributed by atoms with van der Waals surface area (Å²) >= 11 is 2.42. The summed E-state index contributed by atoms with van der Waals surface area (Å²) in [5.74, 6) is 0.796. The van der Waals surface area contributed by atoms with E-state index in [1.165, 1.54) is 27.0 Å². The van der Waals surface area contributed by atoms with E-state index < -0.39 is 11.9 Å². The number of hydrogen-bond donors (Lipinski definition) is 1. The summed E-state index contributed by atoms with van der Waals surface area (Å²) in [5.41, 5.74) is 2.66. The monoisotopic (exact) mass is 594 g/mol. The number of hydrogen-bond acceptors (Lipinski definition) is 4. The minimum atomic E-state index is -4.60. The highest BCUT2D eigenvalue weighted by Gasteiger charge is 2.38. The van der Waals surface area contributed by atoms with Gasteiger partial charge in [-0.2, -0.15) is 28.6 Å². The lowest BCUT2D eigenvalue weighted by molar-refractivity contribution is -0.140. The third-order valence-corrected chi connectivity index (χ3v) is 6.88. The molecule has 0 bridgehead atoms. The van der Waals surface area contributed by atoms with E-state index in [0.717, 1.165) is 19.4 Å². The van der Waals surface area contributed by atoms with Gasteiger partial charge >= 0.3 is 6.18 Å². The maximum atomic E-state index is 13.3. The molecule has 0 aliphatic heterocycles. The van der Waals surface area contributed by atoms with E-state index in [1.54, 1.807) is 12.4 Å². The Morgan fingerprint density at radius 3 is 2.54 bits per heavy atom. The Balaban J connectivity index is 1.59. The number of imidazole rings is 1. The van der Waals surface area contributed by atoms with Crippen LogP contribution in [0, 0.1) is 3.57 Å². The molecule has 1 N–H and O–H groups in total. The number of rotatable bonds is 8. The molecule has 6 nitrogen and oxygen atoms in total. The van der Waals surface area contributed by atoms with Crippen LogP contribution in [0.1, 0.15) is 62.3 Å². The van der Waals surface area contributed by atoms with E-state index in [4.69, 9.17) is 0 Å². The van der Waals surface area contributed by atoms with Crippen LogP contribution in [0.3, 0.4) is 0 Å². The second kappa shape index (κ2) is 10.5. The van der Waals surface area contributed by atoms with Crippen LogP contribution < -0.4 is 0 Å². The summed E-state index contributed by atoms with van der Waals surface area (Å²) in [6, 6.07) is 9.73. The van der Waals surface area contributed by atoms with Gasteiger partial charge in [-0.1, -0.05) is 39.3 Å². The van der Waals surface area contributed by atoms with E-state index in [2.05, 4.69) is 86.9 Å². The normalized spacial score (nSPS) is 12.9. The highest BCUT2D eigenvalue weighted by atomic mass is 127. The van der Waals surface area contributed by atoms with E-state index in [9.17, 15) is 13.2 Å². The van der Waals surface area contributed by atoms with Crippen molar-refractivity contribution in [2.45, 2.75) is 58.2 Å². The van der Waals surface area contributed by atoms with Crippen LogP contribution in [-0.2, 0) is 12.7 Å². The Morgan fingerprint density at radius 1 is 1.06 bits per heavy atom. The SMILES string of the molecule is CCC[C@@H](Cn1cnc(-c2cc(-c3n[nH]nc3C(F)(F)F)ccn2)c1)c1ccc(C(C)C)cc1I. The standard InChI is InChI=1S/C25H26F3IN6/c1-4-5-18(19-7-6-16(15(2)3)10-20(19)29)12-35-13-22(31-14-35)21-11-17(8-9-30-21)23-24(25(26,27)28)33-34-32-23/h6-11,13-15,18H,4-5,12H2,1-3H3,(H,32,33,34)/t18-/m0/s1. The second-order valence-electron chi connectivity index (χ2n) is 8.83. The van der Waals surface area contributed by atoms with Crippen molar-refractivity contribution >= 4 is 22.6 Å². The molecule has 4 aromatic rings. The second-order valence-corrected chi connectivity index (χ2v) is 9.99. The summed E-state index contributed by atoms with van der Waals surface area (Å²) in [7, 11) is 0. The zero-order chi connectivity index (χ0) is 25.2. The van der Waals surface area contributed by atoms with Gasteiger partial charge in [0.1, 0.15) is 11.4 Å². The zero-order valence-electron chi connectivity index (χ0n) is 19.6. The molecule has 0 radical (unpaired) electrons. The average molecular weight is 594 g/mol. The number of nitrogens with one attached hydrogen (secondary N) is 1. The van der Waals surface area contributed by atoms with Crippen molar-refractivity contribution in [1.29, 1.82) is 0 Å². The van der Waals surface area contributed by atoms with Gasteiger partial charge in [0.2, 0.25) is 0 Å². The predicted molar refractivity (Wildman–Crippen MR) is 137 cm³/mol. The highest BCUT2D eigenvalue weighted by molar-refractivity contribution is 14.1. The first kappa shape index (κ1) is 25.3. The van der Waals surface area contributed by atoms with E-state index in [1.807, 2.05) is 10.8 Å². The molecule has 0 saturated carbocycles. The van der Waals surface area contributed by atoms with Gasteiger partial charge in [0.25, 0.3) is 0 Å². The van der Waals surface area contributed by atoms with Crippen LogP contribution >= 0.6 is 22.6 Å². The van der Waals surface area contributed by atoms with Gasteiger partial charge < -0.3 is 4.57 Å². The Kier molecular flexibility index (Phi) is 7.58. The fourth-order valence-corrected chi connectivity index (χ4v) is 5.10. The summed E-state index contributed by atoms with van der Waals surface area (Å²) in [6.45, 7) is 7.31. The maximum absolute atomic E-state index is 13.3. The fraction of sp³-hybridized carbons (Fsp3) is 0.360. The van der Waals surface area contributed by atoms with Gasteiger partial charge in [0.15, 0.2) is 5.69 Å². The minimum Gasteiger partial charge on any atom is -0.336 e. The number of halogens is 4. The number of H-pyrrole nitrogens is 1. The number of pyridine rings is 1. The first-order valence-corrected chi connectivity index (χ1v) is 12.5. The van der Waals surface area contributed by atoms with E-state index in [0.29, 0.717) is 23.2 Å². The fourth-order valence-electron chi connectivity index (χ4n) is 4.12. The topological polar surface area (TPSA) is 72.3 Å². The molecule has 0 unspecified atom stereocenters. The molecular weight excluding hydrogens is 568 g/mol. The lowest BCUT2D eigenvalue weighted by Gasteiger charge is -2.20. The van der Waals surface area contributed by atoms with E-state index in [-0.39, 0.29) is 11.3 Å². The molecule has 0 fully saturated rings. The number of alkyl halides is 3. The molecular formula is C25H26F3IN6. The van der Waals surface area contributed by atoms with Gasteiger partial charge in [-0.05, 0) is 64.3 Å². The van der Waals surface area contributed by atoms with Crippen molar-refractivity contribution in [3.63, 3.8) is 0 Å². The zero-order valence-corrected chi connectivity index (χ0v) is 21.8. The van der Waals surface area contributed by atoms with Crippen LogP contribution in [-0.4, -0.2) is 29.9 Å². The summed E-state index contributed by atoms with van der Waals surface area (Å²) in [5, 5.41) is 9.04. The molecule has 0 aliphatic rings. The number of benzene rings is 1. The lowest BCUT2D eigenvalue weighted by atomic mass is 9.92. The molecule has 1 aromatic carbocycles. The first-order valence-electron chi connectivity index (χ1n) is 11.4. The van der Waals surface area contributed by atoms with Crippen molar-refractivity contribution in [2.24, 2.45) is 0 Å². The van der Waals surface area contributed by atoms with E-state index >= 15 is 0 Å². The van der Waals surface area contributed by atoms with Crippen molar-refractivity contribution in [1.82, 2.24) is 29.9 Å².